The number of hydrogen-bond donors (Lipinski definition) is 1. The Labute approximate surface area is 131 Å². The van der Waals surface area contributed by atoms with E-state index >= 15 is 0 Å². The third kappa shape index (κ3) is 6.36. The van der Waals surface area contributed by atoms with E-state index in [1.807, 2.05) is 13.0 Å². The summed E-state index contributed by atoms with van der Waals surface area (Å²) in [6.45, 7) is 6.67. The SMILES string of the molecule is CCCNC(C)c1cc(F)c(C)cc1SCCS(C)(=O)=O. The molecule has 0 bridgehead atoms. The highest BCUT2D eigenvalue weighted by molar-refractivity contribution is 8.00. The number of benzene rings is 1. The molecule has 0 radical (unpaired) electrons. The van der Waals surface area contributed by atoms with E-state index in [1.165, 1.54) is 18.0 Å². The summed E-state index contributed by atoms with van der Waals surface area (Å²) in [5.74, 6) is 0.393. The van der Waals surface area contributed by atoms with E-state index in [2.05, 4.69) is 12.2 Å². The van der Waals surface area contributed by atoms with Gasteiger partial charge in [0, 0.05) is 22.9 Å². The smallest absolute Gasteiger partial charge is 0.148 e. The average Bonchev–Trinajstić information content (AvgIpc) is 2.38. The predicted molar refractivity (Wildman–Crippen MR) is 88.3 cm³/mol. The Balaban J connectivity index is 2.91. The number of nitrogens with one attached hydrogen (secondary N) is 1. The number of halogens is 1. The first-order valence-corrected chi connectivity index (χ1v) is 10.1. The number of sulfone groups is 1. The van der Waals surface area contributed by atoms with Gasteiger partial charge in [0.15, 0.2) is 0 Å². The molecule has 120 valence electrons. The van der Waals surface area contributed by atoms with Crippen LogP contribution in [0.2, 0.25) is 0 Å². The second-order valence-corrected chi connectivity index (χ2v) is 8.69. The van der Waals surface area contributed by atoms with E-state index in [4.69, 9.17) is 0 Å². The summed E-state index contributed by atoms with van der Waals surface area (Å²) in [6.07, 6.45) is 2.24. The topological polar surface area (TPSA) is 46.2 Å². The molecule has 6 heteroatoms. The zero-order valence-electron chi connectivity index (χ0n) is 13.1. The summed E-state index contributed by atoms with van der Waals surface area (Å²) in [4.78, 5) is 0.952. The van der Waals surface area contributed by atoms with Crippen molar-refractivity contribution in [2.24, 2.45) is 0 Å². The molecule has 21 heavy (non-hydrogen) atoms. The van der Waals surface area contributed by atoms with E-state index in [0.29, 0.717) is 11.3 Å². The number of aryl methyl sites for hydroxylation is 1. The molecule has 0 amide bonds. The fourth-order valence-electron chi connectivity index (χ4n) is 1.91. The largest absolute Gasteiger partial charge is 0.310 e. The van der Waals surface area contributed by atoms with Gasteiger partial charge in [-0.1, -0.05) is 6.92 Å². The highest BCUT2D eigenvalue weighted by Gasteiger charge is 2.14. The predicted octanol–water partition coefficient (Wildman–Crippen LogP) is 3.33. The molecular weight excluding hydrogens is 309 g/mol. The first kappa shape index (κ1) is 18.5. The summed E-state index contributed by atoms with van der Waals surface area (Å²) < 4.78 is 36.3. The van der Waals surface area contributed by atoms with Crippen LogP contribution < -0.4 is 5.32 Å². The lowest BCUT2D eigenvalue weighted by Crippen LogP contribution is -2.20. The van der Waals surface area contributed by atoms with Gasteiger partial charge in [-0.15, -0.1) is 11.8 Å². The molecule has 0 saturated heterocycles. The normalized spacial score (nSPS) is 13.4. The van der Waals surface area contributed by atoms with Crippen LogP contribution in [0.3, 0.4) is 0 Å². The monoisotopic (exact) mass is 333 g/mol. The fourth-order valence-corrected chi connectivity index (χ4v) is 4.33. The zero-order valence-corrected chi connectivity index (χ0v) is 14.7. The van der Waals surface area contributed by atoms with Crippen LogP contribution in [0.25, 0.3) is 0 Å². The molecule has 0 spiro atoms. The Morgan fingerprint density at radius 2 is 2.05 bits per heavy atom. The summed E-state index contributed by atoms with van der Waals surface area (Å²) in [5.41, 5.74) is 1.48. The lowest BCUT2D eigenvalue weighted by Gasteiger charge is -2.18. The van der Waals surface area contributed by atoms with E-state index in [1.54, 1.807) is 13.0 Å². The molecule has 0 aliphatic heterocycles. The molecule has 0 aromatic heterocycles. The quantitative estimate of drug-likeness (QED) is 0.741. The third-order valence-electron chi connectivity index (χ3n) is 3.17. The van der Waals surface area contributed by atoms with Crippen molar-refractivity contribution in [3.8, 4) is 0 Å². The molecule has 1 N–H and O–H groups in total. The van der Waals surface area contributed by atoms with Crippen LogP contribution >= 0.6 is 11.8 Å². The van der Waals surface area contributed by atoms with Gasteiger partial charge in [0.05, 0.1) is 5.75 Å². The van der Waals surface area contributed by atoms with Gasteiger partial charge in [-0.05, 0) is 50.1 Å². The van der Waals surface area contributed by atoms with Gasteiger partial charge in [0.25, 0.3) is 0 Å². The Bertz CT molecular complexity index is 573. The van der Waals surface area contributed by atoms with E-state index in [0.717, 1.165) is 23.4 Å². The van der Waals surface area contributed by atoms with Crippen molar-refractivity contribution in [1.29, 1.82) is 0 Å². The second kappa shape index (κ2) is 8.15. The Morgan fingerprint density at radius 3 is 2.62 bits per heavy atom. The maximum absolute atomic E-state index is 13.8. The van der Waals surface area contributed by atoms with Crippen molar-refractivity contribution in [1.82, 2.24) is 5.32 Å². The molecule has 3 nitrogen and oxygen atoms in total. The number of thioether (sulfide) groups is 1. The fraction of sp³-hybridized carbons (Fsp3) is 0.600. The van der Waals surface area contributed by atoms with Crippen LogP contribution in [-0.2, 0) is 9.84 Å². The molecule has 0 saturated carbocycles. The minimum absolute atomic E-state index is 0.0424. The molecule has 0 aliphatic carbocycles. The third-order valence-corrected chi connectivity index (χ3v) is 5.45. The summed E-state index contributed by atoms with van der Waals surface area (Å²) in [5, 5.41) is 3.34. The Hall–Kier alpha value is -0.590. The number of rotatable bonds is 8. The van der Waals surface area contributed by atoms with Crippen molar-refractivity contribution < 1.29 is 12.8 Å². The van der Waals surface area contributed by atoms with Crippen molar-refractivity contribution in [3.05, 3.63) is 29.1 Å². The van der Waals surface area contributed by atoms with Crippen LogP contribution in [0, 0.1) is 12.7 Å². The molecular formula is C15H24FNO2S2. The molecule has 1 unspecified atom stereocenters. The van der Waals surface area contributed by atoms with Crippen molar-refractivity contribution in [2.45, 2.75) is 38.1 Å². The van der Waals surface area contributed by atoms with E-state index < -0.39 is 9.84 Å². The summed E-state index contributed by atoms with van der Waals surface area (Å²) >= 11 is 1.47. The Kier molecular flexibility index (Phi) is 7.16. The Morgan fingerprint density at radius 1 is 1.38 bits per heavy atom. The van der Waals surface area contributed by atoms with Gasteiger partial charge in [-0.3, -0.25) is 0 Å². The van der Waals surface area contributed by atoms with Crippen LogP contribution in [0.1, 0.15) is 37.4 Å². The van der Waals surface area contributed by atoms with Gasteiger partial charge in [0.1, 0.15) is 15.7 Å². The lowest BCUT2D eigenvalue weighted by atomic mass is 10.1. The average molecular weight is 333 g/mol. The molecule has 1 atom stereocenters. The molecule has 1 aromatic rings. The van der Waals surface area contributed by atoms with Crippen LogP contribution in [0.15, 0.2) is 17.0 Å². The van der Waals surface area contributed by atoms with E-state index in [9.17, 15) is 12.8 Å². The minimum atomic E-state index is -2.97. The van der Waals surface area contributed by atoms with Gasteiger partial charge in [0.2, 0.25) is 0 Å². The van der Waals surface area contributed by atoms with Gasteiger partial charge >= 0.3 is 0 Å². The molecule has 1 rings (SSSR count). The highest BCUT2D eigenvalue weighted by Crippen LogP contribution is 2.30. The van der Waals surface area contributed by atoms with Gasteiger partial charge in [-0.2, -0.15) is 0 Å². The highest BCUT2D eigenvalue weighted by atomic mass is 32.2. The molecule has 1 aromatic carbocycles. The summed E-state index contributed by atoms with van der Waals surface area (Å²) in [6, 6.07) is 3.41. The van der Waals surface area contributed by atoms with Crippen molar-refractivity contribution >= 4 is 21.6 Å². The van der Waals surface area contributed by atoms with Crippen molar-refractivity contribution in [2.75, 3.05) is 24.3 Å². The van der Waals surface area contributed by atoms with Crippen LogP contribution in [-0.4, -0.2) is 32.7 Å². The molecule has 0 fully saturated rings. The molecule has 0 aliphatic rings. The standard InChI is InChI=1S/C15H24FNO2S2/c1-5-6-17-12(3)13-10-14(16)11(2)9-15(13)20-7-8-21(4,18)19/h9-10,12,17H,5-8H2,1-4H3. The van der Waals surface area contributed by atoms with Crippen molar-refractivity contribution in [3.63, 3.8) is 0 Å². The van der Waals surface area contributed by atoms with E-state index in [-0.39, 0.29) is 17.6 Å². The van der Waals surface area contributed by atoms with Crippen LogP contribution in [0.5, 0.6) is 0 Å². The maximum atomic E-state index is 13.8. The summed E-state index contributed by atoms with van der Waals surface area (Å²) in [7, 11) is -2.97. The van der Waals surface area contributed by atoms with Crippen LogP contribution in [0.4, 0.5) is 4.39 Å². The first-order valence-electron chi connectivity index (χ1n) is 7.08. The first-order chi connectivity index (χ1) is 9.74. The lowest BCUT2D eigenvalue weighted by molar-refractivity contribution is 0.552. The zero-order chi connectivity index (χ0) is 16.0. The minimum Gasteiger partial charge on any atom is -0.310 e. The second-order valence-electron chi connectivity index (χ2n) is 5.29. The van der Waals surface area contributed by atoms with Gasteiger partial charge in [-0.25, -0.2) is 12.8 Å². The van der Waals surface area contributed by atoms with Gasteiger partial charge < -0.3 is 5.32 Å². The maximum Gasteiger partial charge on any atom is 0.148 e. The number of hydrogen-bond acceptors (Lipinski definition) is 4. The molecule has 0 heterocycles.